The molecular weight excluding hydrogens is 349 g/mol. The minimum atomic E-state index is -0.628. The molecule has 1 aliphatic heterocycles. The maximum Gasteiger partial charge on any atom is 0.239 e. The molecule has 1 unspecified atom stereocenters. The molecule has 1 atom stereocenters. The molecule has 0 aliphatic carbocycles. The van der Waals surface area contributed by atoms with Gasteiger partial charge in [-0.1, -0.05) is 23.2 Å². The largest absolute Gasteiger partial charge is 0.354 e. The average molecular weight is 367 g/mol. The van der Waals surface area contributed by atoms with Crippen molar-refractivity contribution in [1.29, 1.82) is 0 Å². The fourth-order valence-corrected chi connectivity index (χ4v) is 2.56. The Labute approximate surface area is 145 Å². The Balaban J connectivity index is 0.00000242. The molecule has 0 radical (unpaired) electrons. The van der Waals surface area contributed by atoms with Crippen LogP contribution in [0.5, 0.6) is 0 Å². The highest BCUT2D eigenvalue weighted by atomic mass is 35.5. The van der Waals surface area contributed by atoms with Gasteiger partial charge in [0.15, 0.2) is 0 Å². The van der Waals surface area contributed by atoms with Crippen molar-refractivity contribution < 1.29 is 9.59 Å². The summed E-state index contributed by atoms with van der Waals surface area (Å²) in [5.41, 5.74) is 0.667. The van der Waals surface area contributed by atoms with Gasteiger partial charge in [-0.05, 0) is 31.7 Å². The van der Waals surface area contributed by atoms with E-state index < -0.39 is 5.92 Å². The van der Waals surface area contributed by atoms with Gasteiger partial charge < -0.3 is 15.5 Å². The first-order valence-electron chi connectivity index (χ1n) is 6.73. The molecule has 2 N–H and O–H groups in total. The van der Waals surface area contributed by atoms with Crippen LogP contribution >= 0.6 is 35.6 Å². The van der Waals surface area contributed by atoms with Crippen LogP contribution in [-0.4, -0.2) is 38.5 Å². The van der Waals surface area contributed by atoms with Gasteiger partial charge in [0.1, 0.15) is 5.92 Å². The monoisotopic (exact) mass is 365 g/mol. The third-order valence-corrected chi connectivity index (χ3v) is 4.15. The van der Waals surface area contributed by atoms with Crippen LogP contribution in [0.2, 0.25) is 10.0 Å². The lowest BCUT2D eigenvalue weighted by Gasteiger charge is -2.17. The van der Waals surface area contributed by atoms with E-state index in [0.717, 1.165) is 0 Å². The maximum absolute atomic E-state index is 12.3. The Morgan fingerprint density at radius 1 is 1.32 bits per heavy atom. The molecule has 8 heteroatoms. The van der Waals surface area contributed by atoms with E-state index in [1.54, 1.807) is 30.1 Å². The van der Waals surface area contributed by atoms with E-state index in [4.69, 9.17) is 23.2 Å². The number of nitrogens with zero attached hydrogens (tertiary/aromatic N) is 1. The van der Waals surface area contributed by atoms with Crippen molar-refractivity contribution in [2.45, 2.75) is 6.42 Å². The number of likely N-dealkylation sites (N-methyl/N-ethyl adjacent to an activating group) is 1. The molecule has 1 fully saturated rings. The number of amides is 2. The van der Waals surface area contributed by atoms with Gasteiger partial charge in [-0.2, -0.15) is 0 Å². The molecule has 1 saturated heterocycles. The molecule has 2 amide bonds. The molecule has 0 bridgehead atoms. The first kappa shape index (κ1) is 19.0. The molecule has 0 saturated carbocycles. The Bertz CT molecular complexity index is 554. The number of anilines is 1. The van der Waals surface area contributed by atoms with Gasteiger partial charge in [0.05, 0.1) is 10.0 Å². The number of hydrogen-bond donors (Lipinski definition) is 2. The molecule has 122 valence electrons. The van der Waals surface area contributed by atoms with E-state index in [0.29, 0.717) is 41.8 Å². The summed E-state index contributed by atoms with van der Waals surface area (Å²) in [5.74, 6) is -1.05. The van der Waals surface area contributed by atoms with Crippen LogP contribution in [0, 0.1) is 5.92 Å². The summed E-state index contributed by atoms with van der Waals surface area (Å²) >= 11 is 11.8. The normalized spacial score (nSPS) is 17.3. The first-order valence-corrected chi connectivity index (χ1v) is 7.49. The topological polar surface area (TPSA) is 61.4 Å². The highest BCUT2D eigenvalue weighted by Crippen LogP contribution is 2.31. The highest BCUT2D eigenvalue weighted by molar-refractivity contribution is 6.42. The number of carbonyl (C=O) groups excluding carboxylic acids is 2. The van der Waals surface area contributed by atoms with Crippen LogP contribution in [0.4, 0.5) is 5.69 Å². The number of benzene rings is 1. The van der Waals surface area contributed by atoms with Crippen LogP contribution in [0.25, 0.3) is 0 Å². The highest BCUT2D eigenvalue weighted by Gasteiger charge is 2.37. The standard InChI is InChI=1S/C14H17Cl2N3O2.ClH/c1-17-5-6-18-13(20)10-4-7-19(14(10)21)9-2-3-11(15)12(16)8-9;/h2-3,8,10,17H,4-7H2,1H3,(H,18,20);1H. The molecule has 2 rings (SSSR count). The predicted octanol–water partition coefficient (Wildman–Crippen LogP) is 2.10. The Morgan fingerprint density at radius 2 is 2.05 bits per heavy atom. The fourth-order valence-electron chi connectivity index (χ4n) is 2.27. The summed E-state index contributed by atoms with van der Waals surface area (Å²) in [4.78, 5) is 25.9. The van der Waals surface area contributed by atoms with Gasteiger partial charge in [-0.15, -0.1) is 12.4 Å². The molecule has 5 nitrogen and oxygen atoms in total. The van der Waals surface area contributed by atoms with Crippen molar-refractivity contribution in [1.82, 2.24) is 10.6 Å². The summed E-state index contributed by atoms with van der Waals surface area (Å²) in [6.07, 6.45) is 0.504. The Hall–Kier alpha value is -1.01. The van der Waals surface area contributed by atoms with E-state index in [9.17, 15) is 9.59 Å². The lowest BCUT2D eigenvalue weighted by Crippen LogP contribution is -2.39. The van der Waals surface area contributed by atoms with Gasteiger partial charge in [-0.25, -0.2) is 0 Å². The van der Waals surface area contributed by atoms with Crippen molar-refractivity contribution in [2.24, 2.45) is 5.92 Å². The van der Waals surface area contributed by atoms with Crippen molar-refractivity contribution in [3.63, 3.8) is 0 Å². The lowest BCUT2D eigenvalue weighted by atomic mass is 10.1. The number of hydrogen-bond acceptors (Lipinski definition) is 3. The zero-order valence-electron chi connectivity index (χ0n) is 12.1. The molecule has 0 spiro atoms. The van der Waals surface area contributed by atoms with Crippen LogP contribution in [-0.2, 0) is 9.59 Å². The second kappa shape index (κ2) is 8.58. The summed E-state index contributed by atoms with van der Waals surface area (Å²) in [7, 11) is 1.80. The Morgan fingerprint density at radius 3 is 2.68 bits per heavy atom. The summed E-state index contributed by atoms with van der Waals surface area (Å²) in [6, 6.07) is 5.02. The second-order valence-corrected chi connectivity index (χ2v) is 5.64. The van der Waals surface area contributed by atoms with Crippen molar-refractivity contribution in [2.75, 3.05) is 31.6 Å². The van der Waals surface area contributed by atoms with Crippen LogP contribution in [0.1, 0.15) is 6.42 Å². The number of nitrogens with one attached hydrogen (secondary N) is 2. The summed E-state index contributed by atoms with van der Waals surface area (Å²) in [5, 5.41) is 6.52. The fraction of sp³-hybridized carbons (Fsp3) is 0.429. The molecule has 22 heavy (non-hydrogen) atoms. The van der Waals surface area contributed by atoms with Crippen molar-refractivity contribution in [3.05, 3.63) is 28.2 Å². The lowest BCUT2D eigenvalue weighted by molar-refractivity contribution is -0.132. The smallest absolute Gasteiger partial charge is 0.239 e. The molecule has 0 aromatic heterocycles. The third kappa shape index (κ3) is 4.26. The van der Waals surface area contributed by atoms with E-state index in [-0.39, 0.29) is 24.2 Å². The molecular formula is C14H18Cl3N3O2. The van der Waals surface area contributed by atoms with E-state index in [1.165, 1.54) is 0 Å². The Kier molecular flexibility index (Phi) is 7.42. The van der Waals surface area contributed by atoms with Gasteiger partial charge >= 0.3 is 0 Å². The van der Waals surface area contributed by atoms with E-state index in [1.807, 2.05) is 0 Å². The molecule has 1 aromatic rings. The van der Waals surface area contributed by atoms with E-state index >= 15 is 0 Å². The third-order valence-electron chi connectivity index (χ3n) is 3.41. The number of halogens is 3. The predicted molar refractivity (Wildman–Crippen MR) is 91.1 cm³/mol. The average Bonchev–Trinajstić information content (AvgIpc) is 2.84. The van der Waals surface area contributed by atoms with Gasteiger partial charge in [0, 0.05) is 25.3 Å². The quantitative estimate of drug-likeness (QED) is 0.620. The van der Waals surface area contributed by atoms with Gasteiger partial charge in [0.25, 0.3) is 0 Å². The SMILES string of the molecule is CNCCNC(=O)C1CCN(c2ccc(Cl)c(Cl)c2)C1=O.Cl. The van der Waals surface area contributed by atoms with Gasteiger partial charge in [0.2, 0.25) is 11.8 Å². The maximum atomic E-state index is 12.3. The number of carbonyl (C=O) groups is 2. The summed E-state index contributed by atoms with van der Waals surface area (Å²) < 4.78 is 0. The zero-order valence-corrected chi connectivity index (χ0v) is 14.4. The first-order chi connectivity index (χ1) is 10.0. The summed E-state index contributed by atoms with van der Waals surface area (Å²) in [6.45, 7) is 1.68. The van der Waals surface area contributed by atoms with Gasteiger partial charge in [-0.3, -0.25) is 9.59 Å². The van der Waals surface area contributed by atoms with E-state index in [2.05, 4.69) is 10.6 Å². The molecule has 1 aliphatic rings. The minimum Gasteiger partial charge on any atom is -0.354 e. The zero-order chi connectivity index (χ0) is 15.4. The minimum absolute atomic E-state index is 0. The van der Waals surface area contributed by atoms with Crippen molar-refractivity contribution >= 4 is 53.1 Å². The molecule has 1 heterocycles. The second-order valence-electron chi connectivity index (χ2n) is 4.82. The van der Waals surface area contributed by atoms with Crippen LogP contribution in [0.3, 0.4) is 0 Å². The molecule has 1 aromatic carbocycles. The number of rotatable bonds is 5. The van der Waals surface area contributed by atoms with Crippen LogP contribution in [0.15, 0.2) is 18.2 Å². The van der Waals surface area contributed by atoms with Crippen molar-refractivity contribution in [3.8, 4) is 0 Å². The van der Waals surface area contributed by atoms with Crippen LogP contribution < -0.4 is 15.5 Å².